The standard InChI is InChI=1S/C26H25BrN2O3/c1-30-20-8-9-23-22(14-20)21-11-12-28-25(26(21)29-23)16-3-10-24(31-2)17(13-16)15-32-19-6-4-18(27)5-7-19/h3-10,13-14,25,28-29H,11-12,15H2,1-2H3/t25-/m0/s1. The van der Waals surface area contributed by atoms with E-state index in [0.717, 1.165) is 45.8 Å². The highest BCUT2D eigenvalue weighted by Crippen LogP contribution is 2.36. The molecule has 0 saturated carbocycles. The van der Waals surface area contributed by atoms with Crippen LogP contribution in [0.2, 0.25) is 0 Å². The number of aromatic nitrogens is 1. The minimum atomic E-state index is 0.0782. The topological polar surface area (TPSA) is 55.5 Å². The van der Waals surface area contributed by atoms with Crippen LogP contribution in [0, 0.1) is 0 Å². The summed E-state index contributed by atoms with van der Waals surface area (Å²) in [5.74, 6) is 2.53. The van der Waals surface area contributed by atoms with Crippen molar-refractivity contribution in [3.05, 3.63) is 87.5 Å². The van der Waals surface area contributed by atoms with Gasteiger partial charge in [0, 0.05) is 33.2 Å². The van der Waals surface area contributed by atoms with E-state index in [-0.39, 0.29) is 6.04 Å². The first-order chi connectivity index (χ1) is 15.7. The molecule has 32 heavy (non-hydrogen) atoms. The van der Waals surface area contributed by atoms with Crippen molar-refractivity contribution >= 4 is 26.8 Å². The lowest BCUT2D eigenvalue weighted by atomic mass is 9.93. The van der Waals surface area contributed by atoms with Crippen LogP contribution in [0.1, 0.15) is 28.4 Å². The van der Waals surface area contributed by atoms with E-state index < -0.39 is 0 Å². The van der Waals surface area contributed by atoms with Gasteiger partial charge in [-0.05, 0) is 72.1 Å². The Hall–Kier alpha value is -2.96. The van der Waals surface area contributed by atoms with Crippen molar-refractivity contribution < 1.29 is 14.2 Å². The predicted octanol–water partition coefficient (Wildman–Crippen LogP) is 5.76. The first-order valence-corrected chi connectivity index (χ1v) is 11.4. The lowest BCUT2D eigenvalue weighted by molar-refractivity contribution is 0.296. The molecule has 0 unspecified atom stereocenters. The molecule has 1 aromatic heterocycles. The number of nitrogens with one attached hydrogen (secondary N) is 2. The average Bonchev–Trinajstić information content (AvgIpc) is 3.21. The van der Waals surface area contributed by atoms with Gasteiger partial charge in [0.2, 0.25) is 0 Å². The van der Waals surface area contributed by atoms with E-state index >= 15 is 0 Å². The van der Waals surface area contributed by atoms with Crippen molar-refractivity contribution in [2.75, 3.05) is 20.8 Å². The van der Waals surface area contributed by atoms with Gasteiger partial charge in [-0.1, -0.05) is 22.0 Å². The second-order valence-electron chi connectivity index (χ2n) is 7.88. The summed E-state index contributed by atoms with van der Waals surface area (Å²) in [6, 6.07) is 20.5. The highest BCUT2D eigenvalue weighted by molar-refractivity contribution is 9.10. The Bertz CT molecular complexity index is 1250. The number of benzene rings is 3. The zero-order valence-electron chi connectivity index (χ0n) is 18.1. The first-order valence-electron chi connectivity index (χ1n) is 10.6. The Morgan fingerprint density at radius 1 is 0.938 bits per heavy atom. The van der Waals surface area contributed by atoms with Crippen molar-refractivity contribution in [1.82, 2.24) is 10.3 Å². The van der Waals surface area contributed by atoms with Gasteiger partial charge in [-0.15, -0.1) is 0 Å². The fourth-order valence-corrected chi connectivity index (χ4v) is 4.67. The SMILES string of the molecule is COc1ccc2[nH]c3c(c2c1)CCN[C@H]3c1ccc(OC)c(COc2ccc(Br)cc2)c1. The van der Waals surface area contributed by atoms with Gasteiger partial charge in [0.25, 0.3) is 0 Å². The van der Waals surface area contributed by atoms with Crippen LogP contribution in [-0.2, 0) is 13.0 Å². The summed E-state index contributed by atoms with van der Waals surface area (Å²) in [7, 11) is 3.40. The molecule has 3 aromatic carbocycles. The Labute approximate surface area is 195 Å². The summed E-state index contributed by atoms with van der Waals surface area (Å²) >= 11 is 3.46. The van der Waals surface area contributed by atoms with Crippen molar-refractivity contribution in [3.63, 3.8) is 0 Å². The lowest BCUT2D eigenvalue weighted by Gasteiger charge is -2.25. The fraction of sp³-hybridized carbons (Fsp3) is 0.231. The molecular formula is C26H25BrN2O3. The summed E-state index contributed by atoms with van der Waals surface area (Å²) in [5.41, 5.74) is 5.90. The molecule has 0 amide bonds. The number of rotatable bonds is 6. The van der Waals surface area contributed by atoms with Crippen molar-refractivity contribution in [3.8, 4) is 17.2 Å². The number of H-pyrrole nitrogens is 1. The molecule has 0 aliphatic carbocycles. The van der Waals surface area contributed by atoms with Crippen molar-refractivity contribution in [2.24, 2.45) is 0 Å². The van der Waals surface area contributed by atoms with Crippen LogP contribution >= 0.6 is 15.9 Å². The van der Waals surface area contributed by atoms with Crippen LogP contribution in [0.5, 0.6) is 17.2 Å². The molecule has 0 fully saturated rings. The molecule has 0 bridgehead atoms. The summed E-state index contributed by atoms with van der Waals surface area (Å²) in [4.78, 5) is 3.64. The van der Waals surface area contributed by atoms with Crippen molar-refractivity contribution in [2.45, 2.75) is 19.1 Å². The highest BCUT2D eigenvalue weighted by Gasteiger charge is 2.26. The molecule has 0 radical (unpaired) electrons. The van der Waals surface area contributed by atoms with E-state index in [2.05, 4.69) is 50.5 Å². The van der Waals surface area contributed by atoms with Gasteiger partial charge in [0.1, 0.15) is 23.9 Å². The zero-order valence-corrected chi connectivity index (χ0v) is 19.7. The lowest BCUT2D eigenvalue weighted by Crippen LogP contribution is -2.30. The molecule has 1 atom stereocenters. The maximum Gasteiger partial charge on any atom is 0.125 e. The van der Waals surface area contributed by atoms with E-state index in [1.807, 2.05) is 36.4 Å². The van der Waals surface area contributed by atoms with Gasteiger partial charge < -0.3 is 24.5 Å². The van der Waals surface area contributed by atoms with Crippen molar-refractivity contribution in [1.29, 1.82) is 0 Å². The molecular weight excluding hydrogens is 468 g/mol. The molecule has 2 N–H and O–H groups in total. The Kier molecular flexibility index (Phi) is 5.81. The molecule has 0 saturated heterocycles. The number of ether oxygens (including phenoxy) is 3. The normalized spacial score (nSPS) is 15.4. The first kappa shape index (κ1) is 20.9. The number of halogens is 1. The Morgan fingerprint density at radius 3 is 2.53 bits per heavy atom. The number of methoxy groups -OCH3 is 2. The highest BCUT2D eigenvalue weighted by atomic mass is 79.9. The molecule has 5 nitrogen and oxygen atoms in total. The monoisotopic (exact) mass is 492 g/mol. The predicted molar refractivity (Wildman–Crippen MR) is 130 cm³/mol. The number of aromatic amines is 1. The third kappa shape index (κ3) is 3.96. The van der Waals surface area contributed by atoms with E-state index in [1.54, 1.807) is 14.2 Å². The average molecular weight is 493 g/mol. The molecule has 1 aliphatic heterocycles. The number of hydrogen-bond donors (Lipinski definition) is 2. The van der Waals surface area contributed by atoms with E-state index in [9.17, 15) is 0 Å². The maximum atomic E-state index is 6.03. The van der Waals surface area contributed by atoms with Gasteiger partial charge in [0.15, 0.2) is 0 Å². The van der Waals surface area contributed by atoms with Gasteiger partial charge in [-0.3, -0.25) is 0 Å². The molecule has 6 heteroatoms. The molecule has 2 heterocycles. The van der Waals surface area contributed by atoms with Crippen LogP contribution in [-0.4, -0.2) is 25.7 Å². The molecule has 0 spiro atoms. The van der Waals surface area contributed by atoms with Gasteiger partial charge in [0.05, 0.1) is 20.3 Å². The van der Waals surface area contributed by atoms with Crippen LogP contribution in [0.15, 0.2) is 65.1 Å². The van der Waals surface area contributed by atoms with Gasteiger partial charge in [-0.25, -0.2) is 0 Å². The van der Waals surface area contributed by atoms with E-state index in [4.69, 9.17) is 14.2 Å². The minimum Gasteiger partial charge on any atom is -0.497 e. The summed E-state index contributed by atoms with van der Waals surface area (Å²) in [5, 5.41) is 4.91. The van der Waals surface area contributed by atoms with Gasteiger partial charge in [-0.2, -0.15) is 0 Å². The summed E-state index contributed by atoms with van der Waals surface area (Å²) in [6.07, 6.45) is 0.981. The molecule has 164 valence electrons. The molecule has 5 rings (SSSR count). The third-order valence-electron chi connectivity index (χ3n) is 6.00. The number of hydrogen-bond acceptors (Lipinski definition) is 4. The Morgan fingerprint density at radius 2 is 1.75 bits per heavy atom. The summed E-state index contributed by atoms with van der Waals surface area (Å²) in [6.45, 7) is 1.35. The van der Waals surface area contributed by atoms with E-state index in [0.29, 0.717) is 6.61 Å². The minimum absolute atomic E-state index is 0.0782. The second kappa shape index (κ2) is 8.88. The molecule has 4 aromatic rings. The van der Waals surface area contributed by atoms with Crippen LogP contribution in [0.3, 0.4) is 0 Å². The maximum absolute atomic E-state index is 6.03. The van der Waals surface area contributed by atoms with Crippen LogP contribution in [0.25, 0.3) is 10.9 Å². The van der Waals surface area contributed by atoms with E-state index in [1.165, 1.54) is 22.2 Å². The second-order valence-corrected chi connectivity index (χ2v) is 8.80. The quantitative estimate of drug-likeness (QED) is 0.359. The zero-order chi connectivity index (χ0) is 22.1. The third-order valence-corrected chi connectivity index (χ3v) is 6.53. The Balaban J connectivity index is 1.47. The number of fused-ring (bicyclic) bond motifs is 3. The molecule has 1 aliphatic rings. The largest absolute Gasteiger partial charge is 0.497 e. The summed E-state index contributed by atoms with van der Waals surface area (Å²) < 4.78 is 18.1. The smallest absolute Gasteiger partial charge is 0.125 e. The van der Waals surface area contributed by atoms with Gasteiger partial charge >= 0.3 is 0 Å². The van der Waals surface area contributed by atoms with Crippen LogP contribution < -0.4 is 19.5 Å². The fourth-order valence-electron chi connectivity index (χ4n) is 4.40. The van der Waals surface area contributed by atoms with Crippen LogP contribution in [0.4, 0.5) is 0 Å².